The molecular formula is C17H19N3O4. The van der Waals surface area contributed by atoms with E-state index < -0.39 is 4.92 Å². The maximum atomic E-state index is 12.1. The summed E-state index contributed by atoms with van der Waals surface area (Å²) in [7, 11) is 1.65. The molecule has 24 heavy (non-hydrogen) atoms. The van der Waals surface area contributed by atoms with Crippen molar-refractivity contribution < 1.29 is 14.5 Å². The molecule has 0 aliphatic carbocycles. The van der Waals surface area contributed by atoms with Gasteiger partial charge in [0.05, 0.1) is 11.5 Å². The lowest BCUT2D eigenvalue weighted by Crippen LogP contribution is -2.34. The molecule has 0 aromatic heterocycles. The average Bonchev–Trinajstić information content (AvgIpc) is 2.57. The van der Waals surface area contributed by atoms with E-state index in [0.717, 1.165) is 11.3 Å². The predicted molar refractivity (Wildman–Crippen MR) is 91.4 cm³/mol. The van der Waals surface area contributed by atoms with Crippen LogP contribution >= 0.6 is 0 Å². The van der Waals surface area contributed by atoms with Crippen LogP contribution in [0.1, 0.15) is 5.56 Å². The standard InChI is InChI=1S/C17H19N3O4/c1-13-5-3-4-6-16(13)24-12-11-19(2)17(21)18-14-7-9-15(10-8-14)20(22)23/h3-10H,11-12H2,1-2H3,(H,18,21). The fourth-order valence-corrected chi connectivity index (χ4v) is 2.00. The molecule has 0 bridgehead atoms. The van der Waals surface area contributed by atoms with Crippen LogP contribution < -0.4 is 10.1 Å². The number of rotatable bonds is 6. The molecule has 2 aromatic rings. The first-order chi connectivity index (χ1) is 11.5. The normalized spacial score (nSPS) is 10.1. The highest BCUT2D eigenvalue weighted by Crippen LogP contribution is 2.17. The van der Waals surface area contributed by atoms with Crippen LogP contribution in [0.15, 0.2) is 48.5 Å². The van der Waals surface area contributed by atoms with Crippen LogP contribution in [0.25, 0.3) is 0 Å². The summed E-state index contributed by atoms with van der Waals surface area (Å²) in [6.07, 6.45) is 0. The van der Waals surface area contributed by atoms with Gasteiger partial charge in [0.25, 0.3) is 5.69 Å². The molecule has 0 atom stereocenters. The average molecular weight is 329 g/mol. The van der Waals surface area contributed by atoms with Gasteiger partial charge in [0.15, 0.2) is 0 Å². The number of hydrogen-bond donors (Lipinski definition) is 1. The third-order valence-electron chi connectivity index (χ3n) is 3.45. The van der Waals surface area contributed by atoms with E-state index in [1.165, 1.54) is 29.2 Å². The van der Waals surface area contributed by atoms with E-state index in [1.807, 2.05) is 31.2 Å². The number of nitro benzene ring substituents is 1. The van der Waals surface area contributed by atoms with E-state index in [0.29, 0.717) is 18.8 Å². The van der Waals surface area contributed by atoms with Gasteiger partial charge in [0, 0.05) is 24.9 Å². The number of para-hydroxylation sites is 1. The van der Waals surface area contributed by atoms with Crippen molar-refractivity contribution in [3.8, 4) is 5.75 Å². The van der Waals surface area contributed by atoms with Gasteiger partial charge < -0.3 is 15.0 Å². The number of amides is 2. The summed E-state index contributed by atoms with van der Waals surface area (Å²) in [5, 5.41) is 13.3. The molecule has 0 unspecified atom stereocenters. The lowest BCUT2D eigenvalue weighted by molar-refractivity contribution is -0.384. The van der Waals surface area contributed by atoms with Gasteiger partial charge in [-0.2, -0.15) is 0 Å². The number of urea groups is 1. The molecule has 0 heterocycles. The van der Waals surface area contributed by atoms with Crippen molar-refractivity contribution in [2.45, 2.75) is 6.92 Å². The first-order valence-electron chi connectivity index (χ1n) is 7.42. The number of benzene rings is 2. The zero-order valence-corrected chi connectivity index (χ0v) is 13.6. The SMILES string of the molecule is Cc1ccccc1OCCN(C)C(=O)Nc1ccc([N+](=O)[O-])cc1. The lowest BCUT2D eigenvalue weighted by Gasteiger charge is -2.18. The molecule has 0 aliphatic rings. The molecule has 2 aromatic carbocycles. The largest absolute Gasteiger partial charge is 0.491 e. The Balaban J connectivity index is 1.81. The summed E-state index contributed by atoms with van der Waals surface area (Å²) in [5.41, 5.74) is 1.51. The minimum atomic E-state index is -0.485. The van der Waals surface area contributed by atoms with E-state index in [4.69, 9.17) is 4.74 Å². The Kier molecular flexibility index (Phi) is 5.73. The summed E-state index contributed by atoms with van der Waals surface area (Å²) in [6.45, 7) is 2.74. The number of non-ortho nitro benzene ring substituents is 1. The van der Waals surface area contributed by atoms with Gasteiger partial charge in [-0.25, -0.2) is 4.79 Å². The van der Waals surface area contributed by atoms with E-state index in [9.17, 15) is 14.9 Å². The van der Waals surface area contributed by atoms with Crippen LogP contribution in [0, 0.1) is 17.0 Å². The number of ether oxygens (including phenoxy) is 1. The molecule has 126 valence electrons. The minimum Gasteiger partial charge on any atom is -0.491 e. The third-order valence-corrected chi connectivity index (χ3v) is 3.45. The maximum Gasteiger partial charge on any atom is 0.321 e. The number of nitro groups is 1. The molecule has 1 N–H and O–H groups in total. The fourth-order valence-electron chi connectivity index (χ4n) is 2.00. The third kappa shape index (κ3) is 4.70. The Bertz CT molecular complexity index is 716. The second kappa shape index (κ2) is 7.96. The highest BCUT2D eigenvalue weighted by molar-refractivity contribution is 5.89. The van der Waals surface area contributed by atoms with Crippen molar-refractivity contribution >= 4 is 17.4 Å². The van der Waals surface area contributed by atoms with E-state index in [2.05, 4.69) is 5.32 Å². The molecule has 0 saturated heterocycles. The number of nitrogens with one attached hydrogen (secondary N) is 1. The van der Waals surface area contributed by atoms with Crippen molar-refractivity contribution in [2.75, 3.05) is 25.5 Å². The Morgan fingerprint density at radius 3 is 2.50 bits per heavy atom. The number of likely N-dealkylation sites (N-methyl/N-ethyl adjacent to an activating group) is 1. The zero-order chi connectivity index (χ0) is 17.5. The second-order valence-electron chi connectivity index (χ2n) is 5.27. The van der Waals surface area contributed by atoms with Crippen molar-refractivity contribution in [2.24, 2.45) is 0 Å². The Hall–Kier alpha value is -3.09. The predicted octanol–water partition coefficient (Wildman–Crippen LogP) is 3.45. The number of aryl methyl sites for hydroxylation is 1. The van der Waals surface area contributed by atoms with Crippen LogP contribution in [0.5, 0.6) is 5.75 Å². The molecule has 2 rings (SSSR count). The highest BCUT2D eigenvalue weighted by atomic mass is 16.6. The van der Waals surface area contributed by atoms with Crippen molar-refractivity contribution in [3.05, 3.63) is 64.2 Å². The molecule has 0 spiro atoms. The van der Waals surface area contributed by atoms with Gasteiger partial charge >= 0.3 is 6.03 Å². The van der Waals surface area contributed by atoms with Gasteiger partial charge in [0.1, 0.15) is 12.4 Å². The smallest absolute Gasteiger partial charge is 0.321 e. The first-order valence-corrected chi connectivity index (χ1v) is 7.42. The van der Waals surface area contributed by atoms with Crippen LogP contribution in [0.4, 0.5) is 16.2 Å². The molecule has 2 amide bonds. The molecule has 0 aliphatic heterocycles. The van der Waals surface area contributed by atoms with Crippen LogP contribution in [-0.4, -0.2) is 36.1 Å². The summed E-state index contributed by atoms with van der Waals surface area (Å²) in [6, 6.07) is 13.0. The zero-order valence-electron chi connectivity index (χ0n) is 13.6. The number of carbonyl (C=O) groups excluding carboxylic acids is 1. The number of anilines is 1. The fraction of sp³-hybridized carbons (Fsp3) is 0.235. The summed E-state index contributed by atoms with van der Waals surface area (Å²) in [5.74, 6) is 0.793. The van der Waals surface area contributed by atoms with E-state index in [1.54, 1.807) is 7.05 Å². The first kappa shape index (κ1) is 17.3. The molecule has 0 saturated carbocycles. The van der Waals surface area contributed by atoms with Gasteiger partial charge in [-0.3, -0.25) is 10.1 Å². The summed E-state index contributed by atoms with van der Waals surface area (Å²) >= 11 is 0. The van der Waals surface area contributed by atoms with Gasteiger partial charge in [0.2, 0.25) is 0 Å². The number of hydrogen-bond acceptors (Lipinski definition) is 4. The van der Waals surface area contributed by atoms with Crippen molar-refractivity contribution in [1.29, 1.82) is 0 Å². The van der Waals surface area contributed by atoms with Gasteiger partial charge in [-0.05, 0) is 30.7 Å². The molecule has 7 heteroatoms. The lowest BCUT2D eigenvalue weighted by atomic mass is 10.2. The maximum absolute atomic E-state index is 12.1. The Morgan fingerprint density at radius 2 is 1.88 bits per heavy atom. The van der Waals surface area contributed by atoms with Crippen molar-refractivity contribution in [3.63, 3.8) is 0 Å². The minimum absolute atomic E-state index is 0.0204. The number of carbonyl (C=O) groups is 1. The topological polar surface area (TPSA) is 84.7 Å². The second-order valence-corrected chi connectivity index (χ2v) is 5.27. The monoisotopic (exact) mass is 329 g/mol. The summed E-state index contributed by atoms with van der Waals surface area (Å²) in [4.78, 5) is 23.7. The van der Waals surface area contributed by atoms with E-state index in [-0.39, 0.29) is 11.7 Å². The molecular weight excluding hydrogens is 310 g/mol. The molecule has 0 fully saturated rings. The van der Waals surface area contributed by atoms with E-state index >= 15 is 0 Å². The molecule has 0 radical (unpaired) electrons. The van der Waals surface area contributed by atoms with Gasteiger partial charge in [-0.15, -0.1) is 0 Å². The van der Waals surface area contributed by atoms with Crippen LogP contribution in [-0.2, 0) is 0 Å². The van der Waals surface area contributed by atoms with Gasteiger partial charge in [-0.1, -0.05) is 18.2 Å². The Labute approximate surface area is 140 Å². The molecule has 7 nitrogen and oxygen atoms in total. The Morgan fingerprint density at radius 1 is 1.21 bits per heavy atom. The van der Waals surface area contributed by atoms with Crippen molar-refractivity contribution in [1.82, 2.24) is 4.90 Å². The van der Waals surface area contributed by atoms with Crippen LogP contribution in [0.3, 0.4) is 0 Å². The van der Waals surface area contributed by atoms with Crippen LogP contribution in [0.2, 0.25) is 0 Å². The highest BCUT2D eigenvalue weighted by Gasteiger charge is 2.10. The number of nitrogens with zero attached hydrogens (tertiary/aromatic N) is 2. The summed E-state index contributed by atoms with van der Waals surface area (Å²) < 4.78 is 5.65. The quantitative estimate of drug-likeness (QED) is 0.650.